The van der Waals surface area contributed by atoms with Crippen LogP contribution in [0.25, 0.3) is 0 Å². The van der Waals surface area contributed by atoms with Crippen molar-refractivity contribution < 1.29 is 0 Å². The van der Waals surface area contributed by atoms with E-state index in [1.165, 1.54) is 11.1 Å². The van der Waals surface area contributed by atoms with Gasteiger partial charge < -0.3 is 11.1 Å². The van der Waals surface area contributed by atoms with Crippen LogP contribution in [0.5, 0.6) is 0 Å². The van der Waals surface area contributed by atoms with Crippen molar-refractivity contribution in [1.29, 1.82) is 0 Å². The maximum atomic E-state index is 6.21. The van der Waals surface area contributed by atoms with Crippen molar-refractivity contribution in [2.75, 3.05) is 13.1 Å². The van der Waals surface area contributed by atoms with E-state index in [2.05, 4.69) is 34.2 Å². The van der Waals surface area contributed by atoms with Crippen LogP contribution in [0.3, 0.4) is 0 Å². The van der Waals surface area contributed by atoms with Crippen LogP contribution in [0.4, 0.5) is 0 Å². The number of rotatable bonds is 1. The minimum atomic E-state index is -0.145. The molecule has 0 unspecified atom stereocenters. The number of benzene rings is 1. The average Bonchev–Trinajstić information content (AvgIpc) is 2.06. The number of hydrogen-bond acceptors (Lipinski definition) is 2. The molecular weight excluding hydrogens is 228 g/mol. The molecule has 1 heterocycles. The second-order valence-electron chi connectivity index (χ2n) is 3.67. The van der Waals surface area contributed by atoms with E-state index in [0.29, 0.717) is 0 Å². The predicted octanol–water partition coefficient (Wildman–Crippen LogP) is 1.51. The molecule has 1 aromatic carbocycles. The van der Waals surface area contributed by atoms with Crippen LogP contribution in [0.15, 0.2) is 22.7 Å². The molecule has 1 saturated heterocycles. The molecule has 1 aliphatic rings. The molecule has 0 radical (unpaired) electrons. The van der Waals surface area contributed by atoms with Crippen molar-refractivity contribution in [2.24, 2.45) is 5.73 Å². The Morgan fingerprint density at radius 2 is 2.15 bits per heavy atom. The smallest absolute Gasteiger partial charge is 0.0665 e. The Hall–Kier alpha value is -0.380. The molecule has 2 nitrogen and oxygen atoms in total. The summed E-state index contributed by atoms with van der Waals surface area (Å²) < 4.78 is 1.14. The van der Waals surface area contributed by atoms with Crippen LogP contribution in [0.1, 0.15) is 11.1 Å². The fourth-order valence-corrected chi connectivity index (χ4v) is 2.10. The molecule has 3 N–H and O–H groups in total. The molecule has 3 heteroatoms. The van der Waals surface area contributed by atoms with Gasteiger partial charge >= 0.3 is 0 Å². The van der Waals surface area contributed by atoms with E-state index in [1.54, 1.807) is 0 Å². The summed E-state index contributed by atoms with van der Waals surface area (Å²) in [5.74, 6) is 0. The third-order valence-corrected chi connectivity index (χ3v) is 3.54. The number of nitrogens with one attached hydrogen (secondary N) is 1. The average molecular weight is 241 g/mol. The predicted molar refractivity (Wildman–Crippen MR) is 57.6 cm³/mol. The Balaban J connectivity index is 2.45. The van der Waals surface area contributed by atoms with Crippen LogP contribution in [0, 0.1) is 6.92 Å². The van der Waals surface area contributed by atoms with E-state index in [0.717, 1.165) is 17.6 Å². The fraction of sp³-hybridized carbons (Fsp3) is 0.400. The van der Waals surface area contributed by atoms with Crippen LogP contribution < -0.4 is 11.1 Å². The van der Waals surface area contributed by atoms with Gasteiger partial charge in [0.15, 0.2) is 0 Å². The molecule has 1 aliphatic heterocycles. The molecule has 0 amide bonds. The highest BCUT2D eigenvalue weighted by molar-refractivity contribution is 9.10. The Kier molecular flexibility index (Phi) is 2.18. The lowest BCUT2D eigenvalue weighted by molar-refractivity contribution is 0.286. The zero-order valence-corrected chi connectivity index (χ0v) is 9.19. The van der Waals surface area contributed by atoms with E-state index in [1.807, 2.05) is 12.1 Å². The topological polar surface area (TPSA) is 38.0 Å². The van der Waals surface area contributed by atoms with Crippen molar-refractivity contribution in [3.63, 3.8) is 0 Å². The van der Waals surface area contributed by atoms with Gasteiger partial charge in [0, 0.05) is 17.6 Å². The maximum Gasteiger partial charge on any atom is 0.0665 e. The van der Waals surface area contributed by atoms with Gasteiger partial charge in [-0.05, 0) is 24.1 Å². The van der Waals surface area contributed by atoms with Gasteiger partial charge in [0.1, 0.15) is 0 Å². The van der Waals surface area contributed by atoms with Crippen molar-refractivity contribution in [3.8, 4) is 0 Å². The highest BCUT2D eigenvalue weighted by atomic mass is 79.9. The molecule has 0 aromatic heterocycles. The first-order valence-electron chi connectivity index (χ1n) is 4.39. The zero-order valence-electron chi connectivity index (χ0n) is 7.60. The molecular formula is C10H13BrN2. The number of hydrogen-bond donors (Lipinski definition) is 2. The summed E-state index contributed by atoms with van der Waals surface area (Å²) in [7, 11) is 0. The second-order valence-corrected chi connectivity index (χ2v) is 4.53. The van der Waals surface area contributed by atoms with Crippen molar-refractivity contribution in [1.82, 2.24) is 5.32 Å². The van der Waals surface area contributed by atoms with Gasteiger partial charge in [-0.1, -0.05) is 28.1 Å². The van der Waals surface area contributed by atoms with Crippen LogP contribution in [-0.2, 0) is 5.54 Å². The van der Waals surface area contributed by atoms with E-state index < -0.39 is 0 Å². The standard InChI is InChI=1S/C10H13BrN2/c1-7-8(3-2-4-9(7)11)10(12)5-13-6-10/h2-4,13H,5-6,12H2,1H3. The zero-order chi connectivity index (χ0) is 9.47. The van der Waals surface area contributed by atoms with E-state index >= 15 is 0 Å². The Morgan fingerprint density at radius 1 is 1.46 bits per heavy atom. The Morgan fingerprint density at radius 3 is 2.69 bits per heavy atom. The minimum absolute atomic E-state index is 0.145. The quantitative estimate of drug-likeness (QED) is 0.782. The maximum absolute atomic E-state index is 6.21. The van der Waals surface area contributed by atoms with E-state index in [4.69, 9.17) is 5.73 Å². The summed E-state index contributed by atoms with van der Waals surface area (Å²) in [6.45, 7) is 3.86. The second kappa shape index (κ2) is 3.08. The summed E-state index contributed by atoms with van der Waals surface area (Å²) in [5.41, 5.74) is 8.57. The molecule has 0 aliphatic carbocycles. The summed E-state index contributed by atoms with van der Waals surface area (Å²) in [6, 6.07) is 6.20. The van der Waals surface area contributed by atoms with Gasteiger partial charge in [-0.2, -0.15) is 0 Å². The highest BCUT2D eigenvalue weighted by Gasteiger charge is 2.35. The van der Waals surface area contributed by atoms with Crippen LogP contribution >= 0.6 is 15.9 Å². The van der Waals surface area contributed by atoms with Gasteiger partial charge in [0.25, 0.3) is 0 Å². The molecule has 0 atom stereocenters. The third kappa shape index (κ3) is 1.41. The molecule has 0 bridgehead atoms. The molecule has 2 rings (SSSR count). The Bertz CT molecular complexity index is 332. The number of nitrogens with two attached hydrogens (primary N) is 1. The normalized spacial score (nSPS) is 19.6. The molecule has 0 saturated carbocycles. The lowest BCUT2D eigenvalue weighted by Gasteiger charge is -2.40. The van der Waals surface area contributed by atoms with Gasteiger partial charge in [-0.3, -0.25) is 0 Å². The first-order valence-corrected chi connectivity index (χ1v) is 5.18. The van der Waals surface area contributed by atoms with E-state index in [9.17, 15) is 0 Å². The third-order valence-electron chi connectivity index (χ3n) is 2.68. The van der Waals surface area contributed by atoms with Crippen molar-refractivity contribution in [3.05, 3.63) is 33.8 Å². The van der Waals surface area contributed by atoms with Gasteiger partial charge in [0.2, 0.25) is 0 Å². The summed E-state index contributed by atoms with van der Waals surface area (Å²) in [5, 5.41) is 3.21. The molecule has 70 valence electrons. The van der Waals surface area contributed by atoms with Crippen molar-refractivity contribution in [2.45, 2.75) is 12.5 Å². The fourth-order valence-electron chi connectivity index (χ4n) is 1.73. The molecule has 1 aromatic rings. The SMILES string of the molecule is Cc1c(Br)cccc1C1(N)CNC1. The molecule has 13 heavy (non-hydrogen) atoms. The van der Waals surface area contributed by atoms with Gasteiger partial charge in [0.05, 0.1) is 5.54 Å². The monoisotopic (exact) mass is 240 g/mol. The Labute approximate surface area is 86.6 Å². The summed E-state index contributed by atoms with van der Waals surface area (Å²) in [6.07, 6.45) is 0. The number of halogens is 1. The minimum Gasteiger partial charge on any atom is -0.319 e. The lowest BCUT2D eigenvalue weighted by Crippen LogP contribution is -2.63. The highest BCUT2D eigenvalue weighted by Crippen LogP contribution is 2.29. The summed E-state index contributed by atoms with van der Waals surface area (Å²) >= 11 is 3.52. The largest absolute Gasteiger partial charge is 0.319 e. The molecule has 0 spiro atoms. The van der Waals surface area contributed by atoms with Crippen LogP contribution in [0.2, 0.25) is 0 Å². The summed E-state index contributed by atoms with van der Waals surface area (Å²) in [4.78, 5) is 0. The van der Waals surface area contributed by atoms with Crippen molar-refractivity contribution >= 4 is 15.9 Å². The van der Waals surface area contributed by atoms with Crippen LogP contribution in [-0.4, -0.2) is 13.1 Å². The first-order chi connectivity index (χ1) is 6.13. The van der Waals surface area contributed by atoms with Gasteiger partial charge in [-0.25, -0.2) is 0 Å². The first kappa shape index (κ1) is 9.19. The van der Waals surface area contributed by atoms with E-state index in [-0.39, 0.29) is 5.54 Å². The lowest BCUT2D eigenvalue weighted by atomic mass is 9.83. The van der Waals surface area contributed by atoms with Gasteiger partial charge in [-0.15, -0.1) is 0 Å². The molecule has 1 fully saturated rings.